The van der Waals surface area contributed by atoms with E-state index in [2.05, 4.69) is 61.2 Å². The van der Waals surface area contributed by atoms with Crippen LogP contribution < -0.4 is 4.74 Å². The second-order valence-corrected chi connectivity index (χ2v) is 10.1. The lowest BCUT2D eigenvalue weighted by Crippen LogP contribution is -2.35. The van der Waals surface area contributed by atoms with E-state index in [1.54, 1.807) is 7.11 Å². The molecule has 1 aliphatic carbocycles. The lowest BCUT2D eigenvalue weighted by atomic mass is 9.69. The standard InChI is InChI=1S/C27H37NOS.ClH/c1-4-21-12-13-26(17-22(21)5-2)30-20-28-16-8-15-27(14-7-10-24(27)19-28)23-9-6-11-25(18-23)29-3;/h6,9,11-13,17-18,24H,4-5,7-8,10,14-16,19-20H2,1-3H3;1H. The van der Waals surface area contributed by atoms with Crippen molar-refractivity contribution in [3.63, 3.8) is 0 Å². The lowest BCUT2D eigenvalue weighted by molar-refractivity contribution is 0.246. The Morgan fingerprint density at radius 3 is 2.61 bits per heavy atom. The van der Waals surface area contributed by atoms with E-state index in [-0.39, 0.29) is 12.4 Å². The molecule has 0 aromatic heterocycles. The van der Waals surface area contributed by atoms with Gasteiger partial charge < -0.3 is 4.74 Å². The highest BCUT2D eigenvalue weighted by Gasteiger charge is 2.45. The van der Waals surface area contributed by atoms with Gasteiger partial charge in [0.15, 0.2) is 0 Å². The average Bonchev–Trinajstić information content (AvgIpc) is 3.11. The minimum absolute atomic E-state index is 0. The summed E-state index contributed by atoms with van der Waals surface area (Å²) in [6.45, 7) is 6.99. The van der Waals surface area contributed by atoms with Gasteiger partial charge in [-0.25, -0.2) is 0 Å². The Kier molecular flexibility index (Phi) is 8.78. The van der Waals surface area contributed by atoms with Gasteiger partial charge in [0.05, 0.1) is 7.11 Å². The maximum atomic E-state index is 5.55. The zero-order valence-corrected chi connectivity index (χ0v) is 21.0. The number of benzene rings is 2. The number of hydrogen-bond donors (Lipinski definition) is 0. The van der Waals surface area contributed by atoms with Crippen molar-refractivity contribution < 1.29 is 4.74 Å². The monoisotopic (exact) mass is 459 g/mol. The third-order valence-corrected chi connectivity index (χ3v) is 8.61. The quantitative estimate of drug-likeness (QED) is 0.408. The molecule has 2 unspecified atom stereocenters. The van der Waals surface area contributed by atoms with Gasteiger partial charge in [0.1, 0.15) is 5.75 Å². The molecule has 2 aromatic carbocycles. The number of likely N-dealkylation sites (tertiary alicyclic amines) is 1. The number of fused-ring (bicyclic) bond motifs is 1. The molecule has 4 rings (SSSR count). The summed E-state index contributed by atoms with van der Waals surface area (Å²) in [5, 5.41) is 0. The smallest absolute Gasteiger partial charge is 0.119 e. The summed E-state index contributed by atoms with van der Waals surface area (Å²) in [5.74, 6) is 2.88. The molecule has 0 N–H and O–H groups in total. The van der Waals surface area contributed by atoms with Gasteiger partial charge in [-0.05, 0) is 97.4 Å². The summed E-state index contributed by atoms with van der Waals surface area (Å²) in [4.78, 5) is 4.15. The highest BCUT2D eigenvalue weighted by atomic mass is 35.5. The summed E-state index contributed by atoms with van der Waals surface area (Å²) in [7, 11) is 1.78. The first-order chi connectivity index (χ1) is 14.7. The predicted molar refractivity (Wildman–Crippen MR) is 136 cm³/mol. The summed E-state index contributed by atoms with van der Waals surface area (Å²) in [6, 6.07) is 16.0. The molecule has 170 valence electrons. The molecule has 4 heteroatoms. The maximum absolute atomic E-state index is 5.55. The Hall–Kier alpha value is -1.16. The van der Waals surface area contributed by atoms with Gasteiger partial charge in [0.2, 0.25) is 0 Å². The second kappa shape index (κ2) is 11.1. The fraction of sp³-hybridized carbons (Fsp3) is 0.556. The summed E-state index contributed by atoms with van der Waals surface area (Å²) in [5.41, 5.74) is 4.89. The second-order valence-electron chi connectivity index (χ2n) is 9.07. The minimum Gasteiger partial charge on any atom is -0.497 e. The van der Waals surface area contributed by atoms with Crippen molar-refractivity contribution >= 4 is 24.2 Å². The van der Waals surface area contributed by atoms with Crippen molar-refractivity contribution in [3.05, 3.63) is 59.2 Å². The zero-order chi connectivity index (χ0) is 21.0. The van der Waals surface area contributed by atoms with E-state index in [0.29, 0.717) is 5.41 Å². The van der Waals surface area contributed by atoms with Crippen LogP contribution in [0.15, 0.2) is 47.4 Å². The fourth-order valence-electron chi connectivity index (χ4n) is 5.87. The van der Waals surface area contributed by atoms with Gasteiger partial charge in [0, 0.05) is 17.3 Å². The number of thioether (sulfide) groups is 1. The summed E-state index contributed by atoms with van der Waals surface area (Å²) >= 11 is 2.03. The molecule has 1 heterocycles. The van der Waals surface area contributed by atoms with Crippen LogP contribution in [0.25, 0.3) is 0 Å². The molecule has 2 aliphatic rings. The number of aryl methyl sites for hydroxylation is 2. The number of ether oxygens (including phenoxy) is 1. The van der Waals surface area contributed by atoms with Gasteiger partial charge in [-0.15, -0.1) is 24.2 Å². The number of methoxy groups -OCH3 is 1. The molecule has 31 heavy (non-hydrogen) atoms. The van der Waals surface area contributed by atoms with Crippen molar-refractivity contribution in [2.75, 3.05) is 26.1 Å². The van der Waals surface area contributed by atoms with Crippen molar-refractivity contribution in [1.82, 2.24) is 4.90 Å². The Bertz CT molecular complexity index is 857. The first-order valence-electron chi connectivity index (χ1n) is 11.8. The highest BCUT2D eigenvalue weighted by molar-refractivity contribution is 7.99. The fourth-order valence-corrected chi connectivity index (χ4v) is 6.82. The Balaban J connectivity index is 0.00000272. The van der Waals surface area contributed by atoms with E-state index in [1.165, 1.54) is 66.8 Å². The van der Waals surface area contributed by atoms with E-state index in [9.17, 15) is 0 Å². The van der Waals surface area contributed by atoms with E-state index in [1.807, 2.05) is 11.8 Å². The molecule has 0 spiro atoms. The Labute approximate surface area is 199 Å². The molecule has 1 saturated heterocycles. The van der Waals surface area contributed by atoms with Gasteiger partial charge in [0.25, 0.3) is 0 Å². The van der Waals surface area contributed by atoms with E-state index in [0.717, 1.165) is 30.4 Å². The van der Waals surface area contributed by atoms with Crippen molar-refractivity contribution in [2.45, 2.75) is 69.1 Å². The molecule has 2 aromatic rings. The van der Waals surface area contributed by atoms with Crippen LogP contribution in [0.1, 0.15) is 62.6 Å². The van der Waals surface area contributed by atoms with Gasteiger partial charge >= 0.3 is 0 Å². The zero-order valence-electron chi connectivity index (χ0n) is 19.4. The molecule has 2 fully saturated rings. The third-order valence-electron chi connectivity index (χ3n) is 7.53. The maximum Gasteiger partial charge on any atom is 0.119 e. The van der Waals surface area contributed by atoms with Crippen LogP contribution >= 0.6 is 24.2 Å². The molecule has 2 nitrogen and oxygen atoms in total. The summed E-state index contributed by atoms with van der Waals surface area (Å²) in [6.07, 6.45) is 8.94. The molecule has 1 saturated carbocycles. The SMILES string of the molecule is CCc1ccc(SCN2CCCC3(c4cccc(OC)c4)CCCC3C2)cc1CC.Cl. The largest absolute Gasteiger partial charge is 0.497 e. The molecular formula is C27H38ClNOS. The number of hydrogen-bond acceptors (Lipinski definition) is 3. The Morgan fingerprint density at radius 2 is 1.84 bits per heavy atom. The van der Waals surface area contributed by atoms with Crippen molar-refractivity contribution in [2.24, 2.45) is 5.92 Å². The van der Waals surface area contributed by atoms with Crippen LogP contribution in [0.2, 0.25) is 0 Å². The van der Waals surface area contributed by atoms with Crippen molar-refractivity contribution in [3.8, 4) is 5.75 Å². The van der Waals surface area contributed by atoms with Gasteiger partial charge in [-0.3, -0.25) is 4.90 Å². The van der Waals surface area contributed by atoms with E-state index in [4.69, 9.17) is 4.74 Å². The summed E-state index contributed by atoms with van der Waals surface area (Å²) < 4.78 is 5.55. The molecular weight excluding hydrogens is 422 g/mol. The first kappa shape index (κ1) is 24.5. The Morgan fingerprint density at radius 1 is 1.03 bits per heavy atom. The van der Waals surface area contributed by atoms with Crippen LogP contribution in [-0.4, -0.2) is 31.0 Å². The lowest BCUT2D eigenvalue weighted by Gasteiger charge is -2.36. The normalized spacial score (nSPS) is 23.6. The molecule has 0 bridgehead atoms. The molecule has 0 radical (unpaired) electrons. The van der Waals surface area contributed by atoms with Crippen LogP contribution in [-0.2, 0) is 18.3 Å². The molecule has 1 aliphatic heterocycles. The predicted octanol–water partition coefficient (Wildman–Crippen LogP) is 7.13. The number of halogens is 1. The van der Waals surface area contributed by atoms with E-state index >= 15 is 0 Å². The minimum atomic E-state index is 0. The number of nitrogens with zero attached hydrogens (tertiary/aromatic N) is 1. The highest BCUT2D eigenvalue weighted by Crippen LogP contribution is 2.51. The van der Waals surface area contributed by atoms with Crippen LogP contribution in [0.3, 0.4) is 0 Å². The number of rotatable bonds is 7. The van der Waals surface area contributed by atoms with Gasteiger partial charge in [-0.1, -0.05) is 38.5 Å². The first-order valence-corrected chi connectivity index (χ1v) is 12.8. The molecule has 2 atom stereocenters. The molecule has 0 amide bonds. The van der Waals surface area contributed by atoms with Gasteiger partial charge in [-0.2, -0.15) is 0 Å². The van der Waals surface area contributed by atoms with E-state index < -0.39 is 0 Å². The third kappa shape index (κ3) is 5.26. The van der Waals surface area contributed by atoms with Crippen LogP contribution in [0, 0.1) is 5.92 Å². The van der Waals surface area contributed by atoms with Crippen LogP contribution in [0.5, 0.6) is 5.75 Å². The topological polar surface area (TPSA) is 12.5 Å². The van der Waals surface area contributed by atoms with Crippen molar-refractivity contribution in [1.29, 1.82) is 0 Å². The average molecular weight is 460 g/mol. The van der Waals surface area contributed by atoms with Crippen LogP contribution in [0.4, 0.5) is 0 Å².